The van der Waals surface area contributed by atoms with Crippen LogP contribution in [0.3, 0.4) is 0 Å². The summed E-state index contributed by atoms with van der Waals surface area (Å²) >= 11 is 1.86. The van der Waals surface area contributed by atoms with E-state index >= 15 is 0 Å². The van der Waals surface area contributed by atoms with Crippen LogP contribution in [0.4, 0.5) is 17.1 Å². The van der Waals surface area contributed by atoms with Gasteiger partial charge in [-0.3, -0.25) is 0 Å². The van der Waals surface area contributed by atoms with Crippen LogP contribution in [-0.2, 0) is 0 Å². The van der Waals surface area contributed by atoms with Crippen LogP contribution in [0.25, 0.3) is 69.5 Å². The predicted molar refractivity (Wildman–Crippen MR) is 222 cm³/mol. The smallest absolute Gasteiger partial charge is 0.135 e. The summed E-state index contributed by atoms with van der Waals surface area (Å²) in [5.74, 6) is 0. The molecule has 0 saturated heterocycles. The van der Waals surface area contributed by atoms with E-state index in [1.165, 1.54) is 58.8 Å². The Kier molecular flexibility index (Phi) is 6.55. The van der Waals surface area contributed by atoms with E-state index in [-0.39, 0.29) is 6.04 Å². The van der Waals surface area contributed by atoms with Gasteiger partial charge in [0.05, 0.1) is 16.4 Å². The van der Waals surface area contributed by atoms with Crippen molar-refractivity contribution in [2.75, 3.05) is 4.90 Å². The molecule has 3 aromatic heterocycles. The highest BCUT2D eigenvalue weighted by molar-refractivity contribution is 7.26. The van der Waals surface area contributed by atoms with Crippen molar-refractivity contribution in [3.05, 3.63) is 182 Å². The van der Waals surface area contributed by atoms with E-state index < -0.39 is 0 Å². The normalized spacial score (nSPS) is 14.7. The molecule has 0 fully saturated rings. The van der Waals surface area contributed by atoms with Crippen molar-refractivity contribution in [1.29, 1.82) is 0 Å². The molecule has 246 valence electrons. The molecule has 4 heteroatoms. The summed E-state index contributed by atoms with van der Waals surface area (Å²) in [6, 6.07) is 57.4. The molecule has 1 aliphatic rings. The number of fused-ring (bicyclic) bond motifs is 9. The lowest BCUT2D eigenvalue weighted by atomic mass is 9.91. The van der Waals surface area contributed by atoms with Gasteiger partial charge in [0.25, 0.3) is 0 Å². The summed E-state index contributed by atoms with van der Waals surface area (Å²) < 4.78 is 11.4. The number of allylic oxidation sites excluding steroid dienone is 4. The minimum Gasteiger partial charge on any atom is -0.456 e. The Hall–Kier alpha value is -6.36. The summed E-state index contributed by atoms with van der Waals surface area (Å²) in [6.45, 7) is 0. The molecule has 1 aliphatic carbocycles. The highest BCUT2D eigenvalue weighted by Gasteiger charge is 2.24. The van der Waals surface area contributed by atoms with Crippen LogP contribution in [0.5, 0.6) is 0 Å². The molecule has 7 aromatic carbocycles. The van der Waals surface area contributed by atoms with Crippen molar-refractivity contribution in [1.82, 2.24) is 4.57 Å². The van der Waals surface area contributed by atoms with E-state index in [0.717, 1.165) is 39.7 Å². The molecule has 10 aromatic rings. The van der Waals surface area contributed by atoms with E-state index in [1.54, 1.807) is 0 Å². The first-order valence-electron chi connectivity index (χ1n) is 17.9. The van der Waals surface area contributed by atoms with Gasteiger partial charge in [0.1, 0.15) is 11.2 Å². The third-order valence-corrected chi connectivity index (χ3v) is 12.0. The van der Waals surface area contributed by atoms with Crippen molar-refractivity contribution < 1.29 is 4.42 Å². The first kappa shape index (κ1) is 29.4. The van der Waals surface area contributed by atoms with Gasteiger partial charge in [-0.15, -0.1) is 11.3 Å². The van der Waals surface area contributed by atoms with Gasteiger partial charge < -0.3 is 13.9 Å². The van der Waals surface area contributed by atoms with Crippen LogP contribution in [0, 0.1) is 0 Å². The van der Waals surface area contributed by atoms with Gasteiger partial charge in [0.2, 0.25) is 0 Å². The zero-order valence-electron chi connectivity index (χ0n) is 28.2. The standard InChI is InChI=1S/C48H32N2OS/c1-6-18-41(50-42-19-7-2-13-35(42)36-14-3-8-20-43(36)50)34(12-1)31-24-26-32(27-25-31)49(33-28-29-46-40(30-33)37-15-4-9-22-45(37)51-46)44-21-11-17-39-38-16-5-10-23-47(38)52-48(39)44/h1-17,19-30,41H,18H2. The number of hydrogen-bond acceptors (Lipinski definition) is 3. The quantitative estimate of drug-likeness (QED) is 0.180. The summed E-state index contributed by atoms with van der Waals surface area (Å²) in [4.78, 5) is 2.42. The lowest BCUT2D eigenvalue weighted by Crippen LogP contribution is -2.13. The van der Waals surface area contributed by atoms with Gasteiger partial charge in [-0.05, 0) is 78.2 Å². The molecule has 0 aliphatic heterocycles. The number of nitrogens with zero attached hydrogens (tertiary/aromatic N) is 2. The second kappa shape index (κ2) is 11.6. The molecule has 0 N–H and O–H groups in total. The molecular formula is C48H32N2OS. The minimum absolute atomic E-state index is 0.181. The maximum Gasteiger partial charge on any atom is 0.135 e. The topological polar surface area (TPSA) is 21.3 Å². The number of aromatic nitrogens is 1. The number of anilines is 3. The van der Waals surface area contributed by atoms with Crippen molar-refractivity contribution >= 4 is 97.9 Å². The van der Waals surface area contributed by atoms with E-state index in [2.05, 4.69) is 173 Å². The monoisotopic (exact) mass is 684 g/mol. The number of para-hydroxylation sites is 3. The van der Waals surface area contributed by atoms with Crippen LogP contribution in [0.15, 0.2) is 180 Å². The Morgan fingerprint density at radius 2 is 1.21 bits per heavy atom. The van der Waals surface area contributed by atoms with Crippen LogP contribution in [-0.4, -0.2) is 4.57 Å². The average Bonchev–Trinajstić information content (AvgIpc) is 3.88. The van der Waals surface area contributed by atoms with Crippen LogP contribution >= 0.6 is 11.3 Å². The maximum atomic E-state index is 6.26. The molecule has 1 atom stereocenters. The Balaban J connectivity index is 1.07. The fourth-order valence-corrected chi connectivity index (χ4v) is 9.64. The molecule has 0 amide bonds. The summed E-state index contributed by atoms with van der Waals surface area (Å²) in [7, 11) is 0. The second-order valence-electron chi connectivity index (χ2n) is 13.6. The molecule has 52 heavy (non-hydrogen) atoms. The largest absolute Gasteiger partial charge is 0.456 e. The van der Waals surface area contributed by atoms with E-state index in [9.17, 15) is 0 Å². The molecule has 0 spiro atoms. The number of rotatable bonds is 5. The van der Waals surface area contributed by atoms with Crippen LogP contribution < -0.4 is 4.90 Å². The van der Waals surface area contributed by atoms with Gasteiger partial charge in [0.15, 0.2) is 0 Å². The molecule has 0 radical (unpaired) electrons. The molecule has 11 rings (SSSR count). The Morgan fingerprint density at radius 3 is 2.02 bits per heavy atom. The number of benzene rings is 7. The molecule has 3 heterocycles. The van der Waals surface area contributed by atoms with Crippen molar-refractivity contribution in [3.8, 4) is 0 Å². The van der Waals surface area contributed by atoms with Crippen molar-refractivity contribution in [2.45, 2.75) is 12.5 Å². The first-order valence-corrected chi connectivity index (χ1v) is 18.7. The zero-order valence-corrected chi connectivity index (χ0v) is 29.1. The summed E-state index contributed by atoms with van der Waals surface area (Å²) in [6.07, 6.45) is 7.76. The lowest BCUT2D eigenvalue weighted by Gasteiger charge is -2.28. The van der Waals surface area contributed by atoms with Gasteiger partial charge in [-0.25, -0.2) is 0 Å². The molecule has 0 bridgehead atoms. The first-order chi connectivity index (χ1) is 25.8. The molecular weight excluding hydrogens is 653 g/mol. The number of thiophene rings is 1. The SMILES string of the molecule is C1=CCC(n2c3ccccc3c3ccccc32)C(c2ccc(N(c3ccc4oc5ccccc5c4c3)c3cccc4c3sc3ccccc34)cc2)=C1. The highest BCUT2D eigenvalue weighted by Crippen LogP contribution is 2.47. The fourth-order valence-electron chi connectivity index (χ4n) is 8.43. The summed E-state index contributed by atoms with van der Waals surface area (Å²) in [5.41, 5.74) is 10.3. The average molecular weight is 685 g/mol. The molecule has 1 unspecified atom stereocenters. The van der Waals surface area contributed by atoms with E-state index in [0.29, 0.717) is 0 Å². The fraction of sp³-hybridized carbons (Fsp3) is 0.0417. The van der Waals surface area contributed by atoms with Gasteiger partial charge in [-0.2, -0.15) is 0 Å². The number of hydrogen-bond donors (Lipinski definition) is 0. The van der Waals surface area contributed by atoms with Gasteiger partial charge >= 0.3 is 0 Å². The Morgan fingerprint density at radius 1 is 0.558 bits per heavy atom. The third-order valence-electron chi connectivity index (χ3n) is 10.8. The van der Waals surface area contributed by atoms with Crippen molar-refractivity contribution in [2.24, 2.45) is 0 Å². The van der Waals surface area contributed by atoms with Crippen molar-refractivity contribution in [3.63, 3.8) is 0 Å². The Labute approximate surface area is 304 Å². The van der Waals surface area contributed by atoms with Crippen LogP contribution in [0.1, 0.15) is 18.0 Å². The molecule has 3 nitrogen and oxygen atoms in total. The second-order valence-corrected chi connectivity index (χ2v) is 14.7. The lowest BCUT2D eigenvalue weighted by molar-refractivity contribution is 0.665. The highest BCUT2D eigenvalue weighted by atomic mass is 32.1. The van der Waals surface area contributed by atoms with Gasteiger partial charge in [-0.1, -0.05) is 115 Å². The minimum atomic E-state index is 0.181. The predicted octanol–water partition coefficient (Wildman–Crippen LogP) is 14.1. The van der Waals surface area contributed by atoms with Crippen LogP contribution in [0.2, 0.25) is 0 Å². The summed E-state index contributed by atoms with van der Waals surface area (Å²) in [5, 5.41) is 7.42. The van der Waals surface area contributed by atoms with E-state index in [1.807, 2.05) is 23.5 Å². The third kappa shape index (κ3) is 4.44. The van der Waals surface area contributed by atoms with Gasteiger partial charge in [0, 0.05) is 59.4 Å². The molecule has 0 saturated carbocycles. The van der Waals surface area contributed by atoms with E-state index in [4.69, 9.17) is 4.42 Å². The zero-order chi connectivity index (χ0) is 34.2. The Bertz CT molecular complexity index is 3010. The number of furan rings is 1. The maximum absolute atomic E-state index is 6.26.